The van der Waals surface area contributed by atoms with Crippen molar-refractivity contribution in [1.29, 1.82) is 0 Å². The summed E-state index contributed by atoms with van der Waals surface area (Å²) in [5.74, 6) is 1.75. The number of nitrogens with one attached hydrogen (secondary N) is 1. The van der Waals surface area contributed by atoms with Crippen molar-refractivity contribution in [3.8, 4) is 5.75 Å². The van der Waals surface area contributed by atoms with Gasteiger partial charge in [0.15, 0.2) is 6.61 Å². The highest BCUT2D eigenvalue weighted by atomic mass is 16.5. The number of carbonyl (C=O) groups excluding carboxylic acids is 1. The van der Waals surface area contributed by atoms with Crippen LogP contribution >= 0.6 is 0 Å². The fourth-order valence-electron chi connectivity index (χ4n) is 4.31. The molecule has 0 aliphatic rings. The average Bonchev–Trinajstić information content (AvgIpc) is 3.22. The molecule has 1 N–H and O–H groups in total. The summed E-state index contributed by atoms with van der Waals surface area (Å²) in [4.78, 5) is 17.0. The average molecular weight is 484 g/mol. The van der Waals surface area contributed by atoms with Gasteiger partial charge in [0, 0.05) is 19.5 Å². The van der Waals surface area contributed by atoms with Crippen molar-refractivity contribution in [1.82, 2.24) is 14.9 Å². The van der Waals surface area contributed by atoms with E-state index in [1.165, 1.54) is 16.6 Å². The normalized spacial score (nSPS) is 11.5. The minimum absolute atomic E-state index is 0.0464. The van der Waals surface area contributed by atoms with E-state index in [0.717, 1.165) is 43.6 Å². The molecule has 4 aromatic rings. The fourth-order valence-corrected chi connectivity index (χ4v) is 4.31. The maximum absolute atomic E-state index is 12.0. The lowest BCUT2D eigenvalue weighted by Crippen LogP contribution is -2.29. The predicted molar refractivity (Wildman–Crippen MR) is 146 cm³/mol. The van der Waals surface area contributed by atoms with Crippen LogP contribution in [0, 0.1) is 0 Å². The van der Waals surface area contributed by atoms with Crippen LogP contribution < -0.4 is 10.1 Å². The summed E-state index contributed by atoms with van der Waals surface area (Å²) in [6.07, 6.45) is 3.91. The summed E-state index contributed by atoms with van der Waals surface area (Å²) in [5.41, 5.74) is 5.01. The Hall–Kier alpha value is -3.60. The first-order chi connectivity index (χ1) is 17.4. The van der Waals surface area contributed by atoms with Crippen LogP contribution in [-0.2, 0) is 23.2 Å². The molecule has 0 aliphatic carbocycles. The summed E-state index contributed by atoms with van der Waals surface area (Å²) >= 11 is 0. The van der Waals surface area contributed by atoms with Gasteiger partial charge in [0.25, 0.3) is 5.91 Å². The number of carbonyl (C=O) groups is 1. The third kappa shape index (κ3) is 6.97. The minimum atomic E-state index is -0.0851. The third-order valence-electron chi connectivity index (χ3n) is 6.41. The molecule has 0 radical (unpaired) electrons. The number of rotatable bonds is 11. The first kappa shape index (κ1) is 25.5. The van der Waals surface area contributed by atoms with Gasteiger partial charge in [0.2, 0.25) is 0 Å². The minimum Gasteiger partial charge on any atom is -0.484 e. The van der Waals surface area contributed by atoms with Crippen LogP contribution in [0.1, 0.15) is 57.0 Å². The number of imidazole rings is 1. The molecule has 3 aromatic carbocycles. The highest BCUT2D eigenvalue weighted by Gasteiger charge is 2.14. The molecule has 0 aliphatic heterocycles. The van der Waals surface area contributed by atoms with Crippen molar-refractivity contribution in [2.24, 2.45) is 0 Å². The Bertz CT molecular complexity index is 1250. The van der Waals surface area contributed by atoms with Crippen molar-refractivity contribution < 1.29 is 9.53 Å². The molecular weight excluding hydrogens is 446 g/mol. The van der Waals surface area contributed by atoms with E-state index in [1.54, 1.807) is 0 Å². The number of unbranched alkanes of at least 4 members (excludes halogenated alkanes) is 2. The number of aryl methyl sites for hydroxylation is 1. The van der Waals surface area contributed by atoms with Crippen molar-refractivity contribution in [3.63, 3.8) is 0 Å². The Kier molecular flexibility index (Phi) is 8.42. The van der Waals surface area contributed by atoms with Gasteiger partial charge in [-0.25, -0.2) is 4.98 Å². The molecule has 188 valence electrons. The van der Waals surface area contributed by atoms with Crippen molar-refractivity contribution in [2.45, 2.75) is 58.4 Å². The Morgan fingerprint density at radius 2 is 1.61 bits per heavy atom. The lowest BCUT2D eigenvalue weighted by Gasteiger charge is -2.19. The Morgan fingerprint density at radius 3 is 2.36 bits per heavy atom. The zero-order valence-corrected chi connectivity index (χ0v) is 21.7. The van der Waals surface area contributed by atoms with Gasteiger partial charge in [-0.15, -0.1) is 0 Å². The maximum Gasteiger partial charge on any atom is 0.257 e. The highest BCUT2D eigenvalue weighted by molar-refractivity contribution is 5.77. The van der Waals surface area contributed by atoms with Gasteiger partial charge in [-0.2, -0.15) is 0 Å². The zero-order valence-electron chi connectivity index (χ0n) is 21.7. The Balaban J connectivity index is 1.27. The number of hydrogen-bond donors (Lipinski definition) is 1. The van der Waals surface area contributed by atoms with Gasteiger partial charge in [-0.3, -0.25) is 4.79 Å². The second kappa shape index (κ2) is 11.9. The lowest BCUT2D eigenvalue weighted by atomic mass is 9.87. The Labute approximate surface area is 214 Å². The van der Waals surface area contributed by atoms with Gasteiger partial charge in [0.05, 0.1) is 11.0 Å². The van der Waals surface area contributed by atoms with Crippen LogP contribution in [-0.4, -0.2) is 28.6 Å². The standard InChI is InChI=1S/C31H37N3O2/c1-31(2,3)25-19-17-24(18-20-25)22-34-28-15-10-9-14-27(28)33-29(34)16-8-5-11-21-32-30(35)23-36-26-12-6-4-7-13-26/h4,6-7,9-10,12-15,17-20H,5,8,11,16,21-23H2,1-3H3,(H,32,35). The molecule has 1 heterocycles. The van der Waals surface area contributed by atoms with Crippen LogP contribution in [0.5, 0.6) is 5.75 Å². The van der Waals surface area contributed by atoms with Gasteiger partial charge >= 0.3 is 0 Å². The molecule has 5 nitrogen and oxygen atoms in total. The van der Waals surface area contributed by atoms with Crippen LogP contribution in [0.3, 0.4) is 0 Å². The number of ether oxygens (including phenoxy) is 1. The molecule has 0 saturated heterocycles. The summed E-state index contributed by atoms with van der Waals surface area (Å²) in [5, 5.41) is 2.95. The van der Waals surface area contributed by atoms with E-state index in [9.17, 15) is 4.79 Å². The molecule has 1 aromatic heterocycles. The quantitative estimate of drug-likeness (QED) is 0.255. The number of fused-ring (bicyclic) bond motifs is 1. The van der Waals surface area contributed by atoms with Gasteiger partial charge < -0.3 is 14.6 Å². The first-order valence-corrected chi connectivity index (χ1v) is 12.9. The molecular formula is C31H37N3O2. The Morgan fingerprint density at radius 1 is 0.889 bits per heavy atom. The first-order valence-electron chi connectivity index (χ1n) is 12.9. The van der Waals surface area contributed by atoms with E-state index in [0.29, 0.717) is 12.3 Å². The number of nitrogens with zero attached hydrogens (tertiary/aromatic N) is 2. The van der Waals surface area contributed by atoms with Crippen molar-refractivity contribution >= 4 is 16.9 Å². The zero-order chi connectivity index (χ0) is 25.4. The monoisotopic (exact) mass is 483 g/mol. The molecule has 4 rings (SSSR count). The molecule has 0 spiro atoms. The number of para-hydroxylation sites is 3. The summed E-state index contributed by atoms with van der Waals surface area (Å²) < 4.78 is 7.85. The molecule has 1 amide bonds. The lowest BCUT2D eigenvalue weighted by molar-refractivity contribution is -0.123. The van der Waals surface area contributed by atoms with Gasteiger partial charge in [-0.05, 0) is 53.6 Å². The number of benzene rings is 3. The predicted octanol–water partition coefficient (Wildman–Crippen LogP) is 6.29. The smallest absolute Gasteiger partial charge is 0.257 e. The van der Waals surface area contributed by atoms with Crippen molar-refractivity contribution in [3.05, 3.63) is 95.8 Å². The number of aromatic nitrogens is 2. The molecule has 0 fully saturated rings. The number of amides is 1. The summed E-state index contributed by atoms with van der Waals surface area (Å²) in [7, 11) is 0. The fraction of sp³-hybridized carbons (Fsp3) is 0.355. The molecule has 5 heteroatoms. The van der Waals surface area contributed by atoms with Gasteiger partial charge in [0.1, 0.15) is 11.6 Å². The van der Waals surface area contributed by atoms with E-state index in [-0.39, 0.29) is 17.9 Å². The van der Waals surface area contributed by atoms with Gasteiger partial charge in [-0.1, -0.05) is 81.8 Å². The van der Waals surface area contributed by atoms with E-state index >= 15 is 0 Å². The molecule has 0 unspecified atom stereocenters. The third-order valence-corrected chi connectivity index (χ3v) is 6.41. The molecule has 36 heavy (non-hydrogen) atoms. The second-order valence-electron chi connectivity index (χ2n) is 10.3. The highest BCUT2D eigenvalue weighted by Crippen LogP contribution is 2.24. The SMILES string of the molecule is CC(C)(C)c1ccc(Cn2c(CCCCCNC(=O)COc3ccccc3)nc3ccccc32)cc1. The molecule has 0 atom stereocenters. The van der Waals surface area contributed by atoms with Crippen molar-refractivity contribution in [2.75, 3.05) is 13.2 Å². The van der Waals surface area contributed by atoms with Crippen LogP contribution in [0.2, 0.25) is 0 Å². The molecule has 0 bridgehead atoms. The summed E-state index contributed by atoms with van der Waals surface area (Å²) in [6.45, 7) is 8.25. The molecule has 0 saturated carbocycles. The van der Waals surface area contributed by atoms with E-state index in [4.69, 9.17) is 9.72 Å². The van der Waals surface area contributed by atoms with E-state index < -0.39 is 0 Å². The second-order valence-corrected chi connectivity index (χ2v) is 10.3. The largest absolute Gasteiger partial charge is 0.484 e. The summed E-state index contributed by atoms with van der Waals surface area (Å²) in [6, 6.07) is 26.7. The van der Waals surface area contributed by atoms with Crippen LogP contribution in [0.4, 0.5) is 0 Å². The van der Waals surface area contributed by atoms with Crippen LogP contribution in [0.15, 0.2) is 78.9 Å². The van der Waals surface area contributed by atoms with E-state index in [2.05, 4.69) is 73.1 Å². The maximum atomic E-state index is 12.0. The van der Waals surface area contributed by atoms with E-state index in [1.807, 2.05) is 36.4 Å². The topological polar surface area (TPSA) is 56.2 Å². The van der Waals surface area contributed by atoms with Crippen LogP contribution in [0.25, 0.3) is 11.0 Å². The number of hydrogen-bond acceptors (Lipinski definition) is 3.